The Morgan fingerprint density at radius 3 is 2.57 bits per heavy atom. The van der Waals surface area contributed by atoms with Crippen LogP contribution in [0.5, 0.6) is 11.5 Å². The fourth-order valence-corrected chi connectivity index (χ4v) is 10.6. The molecule has 284 valence electrons. The van der Waals surface area contributed by atoms with Crippen LogP contribution in [0.1, 0.15) is 140 Å². The van der Waals surface area contributed by atoms with E-state index in [0.29, 0.717) is 57.3 Å². The van der Waals surface area contributed by atoms with Gasteiger partial charge in [-0.2, -0.15) is 0 Å². The van der Waals surface area contributed by atoms with E-state index in [1.807, 2.05) is 6.07 Å². The van der Waals surface area contributed by atoms with Gasteiger partial charge in [0.05, 0.1) is 12.7 Å². The van der Waals surface area contributed by atoms with Gasteiger partial charge in [-0.25, -0.2) is 4.79 Å². The number of fused-ring (bicyclic) bond motifs is 1. The second-order valence-corrected chi connectivity index (χ2v) is 16.2. The maximum Gasteiger partial charge on any atom is 0.332 e. The lowest BCUT2D eigenvalue weighted by Crippen LogP contribution is -2.65. The zero-order chi connectivity index (χ0) is 36.2. The van der Waals surface area contributed by atoms with Crippen molar-refractivity contribution in [2.45, 2.75) is 152 Å². The normalized spacial score (nSPS) is 29.2. The van der Waals surface area contributed by atoms with Crippen molar-refractivity contribution in [1.29, 1.82) is 0 Å². The van der Waals surface area contributed by atoms with Gasteiger partial charge in [-0.05, 0) is 132 Å². The molecule has 0 aromatic heterocycles. The van der Waals surface area contributed by atoms with E-state index in [2.05, 4.69) is 10.6 Å². The minimum atomic E-state index is -1.08. The van der Waals surface area contributed by atoms with Crippen molar-refractivity contribution in [2.75, 3.05) is 26.3 Å². The monoisotopic (exact) mass is 712 g/mol. The average molecular weight is 713 g/mol. The third-order valence-electron chi connectivity index (χ3n) is 13.1. The molecule has 3 heterocycles. The van der Waals surface area contributed by atoms with E-state index >= 15 is 0 Å². The Morgan fingerprint density at radius 1 is 1.02 bits per heavy atom. The van der Waals surface area contributed by atoms with E-state index in [-0.39, 0.29) is 54.3 Å². The second kappa shape index (κ2) is 16.4. The summed E-state index contributed by atoms with van der Waals surface area (Å²) in [6.07, 6.45) is 9.08. The summed E-state index contributed by atoms with van der Waals surface area (Å²) in [5.74, 6) is -0.109. The molecule has 1 aromatic rings. The van der Waals surface area contributed by atoms with Gasteiger partial charge < -0.3 is 40.2 Å². The molecule has 0 radical (unpaired) electrons. The van der Waals surface area contributed by atoms with Crippen molar-refractivity contribution in [3.05, 3.63) is 23.3 Å². The number of phenolic OH excluding ortho intramolecular Hbond substituents is 1. The first-order valence-corrected chi connectivity index (χ1v) is 19.8. The number of piperidine rings is 2. The van der Waals surface area contributed by atoms with Crippen molar-refractivity contribution < 1.29 is 43.9 Å². The number of amides is 1. The number of aromatic hydroxyl groups is 1. The first-order valence-electron chi connectivity index (χ1n) is 19.8. The summed E-state index contributed by atoms with van der Waals surface area (Å²) in [5, 5.41) is 37.7. The Bertz CT molecular complexity index is 1390. The Morgan fingerprint density at radius 2 is 1.82 bits per heavy atom. The van der Waals surface area contributed by atoms with Crippen LogP contribution < -0.4 is 15.4 Å². The molecule has 11 heteroatoms. The van der Waals surface area contributed by atoms with Crippen LogP contribution in [-0.2, 0) is 23.9 Å². The highest BCUT2D eigenvalue weighted by Crippen LogP contribution is 2.59. The minimum Gasteiger partial charge on any atom is -0.504 e. The quantitative estimate of drug-likeness (QED) is 0.164. The fourth-order valence-electron chi connectivity index (χ4n) is 10.6. The lowest BCUT2D eigenvalue weighted by molar-refractivity contribution is -0.182. The van der Waals surface area contributed by atoms with Gasteiger partial charge in [0.2, 0.25) is 5.91 Å². The average Bonchev–Trinajstić information content (AvgIpc) is 3.12. The predicted octanol–water partition coefficient (Wildman–Crippen LogP) is 5.13. The van der Waals surface area contributed by atoms with Gasteiger partial charge >= 0.3 is 11.9 Å². The smallest absolute Gasteiger partial charge is 0.332 e. The third-order valence-corrected chi connectivity index (χ3v) is 13.1. The van der Waals surface area contributed by atoms with Crippen molar-refractivity contribution in [1.82, 2.24) is 10.6 Å². The van der Waals surface area contributed by atoms with E-state index in [4.69, 9.17) is 14.2 Å². The van der Waals surface area contributed by atoms with Crippen LogP contribution in [0.15, 0.2) is 12.1 Å². The zero-order valence-electron chi connectivity index (χ0n) is 30.6. The molecule has 2 aliphatic carbocycles. The molecule has 1 aromatic carbocycles. The van der Waals surface area contributed by atoms with E-state index in [1.54, 1.807) is 13.0 Å². The van der Waals surface area contributed by atoms with E-state index in [1.165, 1.54) is 6.92 Å². The molecule has 1 saturated carbocycles. The topological polar surface area (TPSA) is 164 Å². The van der Waals surface area contributed by atoms with Gasteiger partial charge in [0.15, 0.2) is 11.5 Å². The summed E-state index contributed by atoms with van der Waals surface area (Å²) < 4.78 is 19.2. The number of aliphatic hydroxyl groups excluding tert-OH is 2. The minimum absolute atomic E-state index is 0.00499. The molecular formula is C40H60N2O9. The highest BCUT2D eigenvalue weighted by molar-refractivity contribution is 5.90. The molecule has 8 atom stereocenters. The van der Waals surface area contributed by atoms with Gasteiger partial charge in [-0.3, -0.25) is 9.59 Å². The molecule has 3 aliphatic heterocycles. The van der Waals surface area contributed by atoms with E-state index in [0.717, 1.165) is 75.6 Å². The number of carbonyl (C=O) groups is 3. The van der Waals surface area contributed by atoms with Crippen LogP contribution in [0.25, 0.3) is 0 Å². The van der Waals surface area contributed by atoms with Crippen LogP contribution in [-0.4, -0.2) is 83.3 Å². The number of aliphatic hydroxyl groups is 2. The third kappa shape index (κ3) is 7.91. The van der Waals surface area contributed by atoms with Crippen LogP contribution >= 0.6 is 0 Å². The van der Waals surface area contributed by atoms with Gasteiger partial charge in [0.25, 0.3) is 0 Å². The van der Waals surface area contributed by atoms with Crippen LogP contribution in [0.3, 0.4) is 0 Å². The number of rotatable bonds is 14. The SMILES string of the molecule is CC(=O)O[C@@H](C[C@@H](OC(=O)[C@@]12CCCC[C@@H]1CCC(=O)N2)C1([C@H]2CC[C@H]3CCOc4c(O)ccc2c43)CCNCC1)[C@@H](CCCO)CC[C@H](C)O. The van der Waals surface area contributed by atoms with Crippen LogP contribution in [0.4, 0.5) is 0 Å². The highest BCUT2D eigenvalue weighted by Gasteiger charge is 2.56. The summed E-state index contributed by atoms with van der Waals surface area (Å²) in [4.78, 5) is 40.6. The number of hydrogen-bond donors (Lipinski definition) is 5. The van der Waals surface area contributed by atoms with Gasteiger partial charge in [0.1, 0.15) is 17.7 Å². The summed E-state index contributed by atoms with van der Waals surface area (Å²) in [6.45, 7) is 5.16. The Labute approximate surface area is 302 Å². The Kier molecular flexibility index (Phi) is 12.2. The first kappa shape index (κ1) is 37.9. The number of benzene rings is 1. The largest absolute Gasteiger partial charge is 0.504 e. The van der Waals surface area contributed by atoms with Crippen molar-refractivity contribution >= 4 is 17.8 Å². The molecule has 5 N–H and O–H groups in total. The van der Waals surface area contributed by atoms with Crippen LogP contribution in [0, 0.1) is 17.3 Å². The molecule has 2 saturated heterocycles. The van der Waals surface area contributed by atoms with Gasteiger partial charge in [-0.1, -0.05) is 18.9 Å². The van der Waals surface area contributed by atoms with E-state index < -0.39 is 35.2 Å². The van der Waals surface area contributed by atoms with Crippen molar-refractivity contribution in [3.8, 4) is 11.5 Å². The Hall–Kier alpha value is -2.89. The second-order valence-electron chi connectivity index (χ2n) is 16.2. The van der Waals surface area contributed by atoms with Crippen LogP contribution in [0.2, 0.25) is 0 Å². The molecule has 6 rings (SSSR count). The summed E-state index contributed by atoms with van der Waals surface area (Å²) >= 11 is 0. The summed E-state index contributed by atoms with van der Waals surface area (Å²) in [6, 6.07) is 3.77. The molecule has 0 spiro atoms. The maximum atomic E-state index is 14.9. The standard InChI is InChI=1S/C40H60N2O9/c1-25(44)8-9-27(6-5-22-43)33(50-26(2)45)24-34(51-38(48)40-17-4-3-7-29(40)11-15-35(47)42-40)39(18-20-41-21-19-39)31-13-10-28-16-23-49-37-32(46)14-12-30(31)36(28)37/h12,14,25,27-29,31,33-34,41,43-44,46H,3-11,13,15-24H2,1-2H3,(H,42,47)/t25-,27-,28-,29+,31-,33-,34+,40+/m0/s1. The van der Waals surface area contributed by atoms with E-state index in [9.17, 15) is 29.7 Å². The fraction of sp³-hybridized carbons (Fsp3) is 0.775. The summed E-state index contributed by atoms with van der Waals surface area (Å²) in [7, 11) is 0. The van der Waals surface area contributed by atoms with Crippen molar-refractivity contribution in [2.24, 2.45) is 17.3 Å². The number of carbonyl (C=O) groups excluding carboxylic acids is 3. The first-order chi connectivity index (χ1) is 24.6. The molecule has 11 nitrogen and oxygen atoms in total. The molecule has 5 aliphatic rings. The molecule has 1 amide bonds. The maximum absolute atomic E-state index is 14.9. The molecular weight excluding hydrogens is 652 g/mol. The van der Waals surface area contributed by atoms with Gasteiger partial charge in [0, 0.05) is 37.4 Å². The number of esters is 2. The zero-order valence-corrected chi connectivity index (χ0v) is 30.6. The van der Waals surface area contributed by atoms with Crippen molar-refractivity contribution in [3.63, 3.8) is 0 Å². The molecule has 0 bridgehead atoms. The lowest BCUT2D eigenvalue weighted by Gasteiger charge is -2.53. The Balaban J connectivity index is 1.45. The number of hydrogen-bond acceptors (Lipinski definition) is 10. The molecule has 51 heavy (non-hydrogen) atoms. The van der Waals surface area contributed by atoms with Gasteiger partial charge in [-0.15, -0.1) is 0 Å². The number of nitrogens with one attached hydrogen (secondary N) is 2. The summed E-state index contributed by atoms with van der Waals surface area (Å²) in [5.41, 5.74) is 0.581. The highest BCUT2D eigenvalue weighted by atomic mass is 16.6. The lowest BCUT2D eigenvalue weighted by atomic mass is 9.57. The molecule has 0 unspecified atom stereocenters. The number of phenols is 1. The predicted molar refractivity (Wildman–Crippen MR) is 190 cm³/mol. The number of ether oxygens (including phenoxy) is 3. The molecule has 3 fully saturated rings.